The fourth-order valence-corrected chi connectivity index (χ4v) is 5.29. The molecule has 2 bridgehead atoms. The van der Waals surface area contributed by atoms with Crippen molar-refractivity contribution in [3.63, 3.8) is 0 Å². The summed E-state index contributed by atoms with van der Waals surface area (Å²) in [7, 11) is 0. The smallest absolute Gasteiger partial charge is 0.409 e. The molecule has 4 atom stereocenters. The minimum atomic E-state index is -0.477. The molecule has 0 spiro atoms. The molecule has 6 nitrogen and oxygen atoms in total. The molecule has 3 fully saturated rings. The van der Waals surface area contributed by atoms with Crippen molar-refractivity contribution in [1.29, 1.82) is 0 Å². The molecular weight excluding hydrogens is 332 g/mol. The zero-order chi connectivity index (χ0) is 18.9. The van der Waals surface area contributed by atoms with Gasteiger partial charge in [-0.15, -0.1) is 0 Å². The molecule has 3 aliphatic rings. The minimum Gasteiger partial charge on any atom is -0.450 e. The Morgan fingerprint density at radius 1 is 1.23 bits per heavy atom. The Kier molecular flexibility index (Phi) is 5.85. The van der Waals surface area contributed by atoms with E-state index in [-0.39, 0.29) is 17.6 Å². The molecule has 0 aromatic heterocycles. The summed E-state index contributed by atoms with van der Waals surface area (Å²) in [5, 5.41) is 10.4. The Bertz CT molecular complexity index is 504. The van der Waals surface area contributed by atoms with Crippen molar-refractivity contribution in [2.75, 3.05) is 45.9 Å². The highest BCUT2D eigenvalue weighted by Crippen LogP contribution is 2.66. The molecule has 0 aromatic carbocycles. The monoisotopic (exact) mass is 368 g/mol. The quantitative estimate of drug-likeness (QED) is 0.780. The third-order valence-electron chi connectivity index (χ3n) is 7.57. The number of hydrogen-bond acceptors (Lipinski definition) is 5. The van der Waals surface area contributed by atoms with Crippen LogP contribution in [0.15, 0.2) is 0 Å². The highest BCUT2D eigenvalue weighted by atomic mass is 16.6. The lowest BCUT2D eigenvalue weighted by Crippen LogP contribution is -2.51. The number of amides is 1. The fraction of sp³-hybridized carbons (Fsp3) is 0.950. The van der Waals surface area contributed by atoms with E-state index < -0.39 is 6.10 Å². The van der Waals surface area contributed by atoms with Crippen LogP contribution in [0, 0.1) is 16.7 Å². The van der Waals surface area contributed by atoms with Crippen LogP contribution in [0.3, 0.4) is 0 Å². The largest absolute Gasteiger partial charge is 0.450 e. The second-order valence-electron chi connectivity index (χ2n) is 9.07. The number of carbonyl (C=O) groups excluding carboxylic acids is 1. The average Bonchev–Trinajstić information content (AvgIpc) is 2.94. The van der Waals surface area contributed by atoms with Crippen molar-refractivity contribution in [2.24, 2.45) is 16.7 Å². The predicted molar refractivity (Wildman–Crippen MR) is 100 cm³/mol. The molecule has 0 aromatic rings. The number of fused-ring (bicyclic) bond motifs is 2. The van der Waals surface area contributed by atoms with Crippen LogP contribution in [0.2, 0.25) is 0 Å². The molecule has 0 unspecified atom stereocenters. The summed E-state index contributed by atoms with van der Waals surface area (Å²) in [4.78, 5) is 15.7. The van der Waals surface area contributed by atoms with E-state index in [1.165, 1.54) is 12.8 Å². The molecule has 2 saturated carbocycles. The van der Waals surface area contributed by atoms with Crippen LogP contribution in [-0.2, 0) is 9.47 Å². The highest BCUT2D eigenvalue weighted by Gasteiger charge is 2.61. The summed E-state index contributed by atoms with van der Waals surface area (Å²) in [6.45, 7) is 13.2. The normalized spacial score (nSPS) is 34.9. The maximum absolute atomic E-state index is 11.7. The number of aliphatic hydroxyl groups is 1. The number of carbonyl (C=O) groups is 1. The standard InChI is InChI=1S/C20H36N2O4/c1-5-25-18(24)22-10-8-21(9-11-22)13-16(23)14-26-17-12-15-6-7-20(17,4)19(15,2)3/h15-17,23H,5-14H2,1-4H3/t15-,16+,17+,20-/m1/s1. The third-order valence-corrected chi connectivity index (χ3v) is 7.57. The van der Waals surface area contributed by atoms with Gasteiger partial charge in [-0.05, 0) is 42.9 Å². The summed E-state index contributed by atoms with van der Waals surface area (Å²) in [6.07, 6.45) is 3.25. The van der Waals surface area contributed by atoms with Gasteiger partial charge in [-0.3, -0.25) is 4.90 Å². The topological polar surface area (TPSA) is 62.2 Å². The number of ether oxygens (including phenoxy) is 2. The summed E-state index contributed by atoms with van der Waals surface area (Å²) in [5.41, 5.74) is 0.578. The zero-order valence-corrected chi connectivity index (χ0v) is 16.9. The van der Waals surface area contributed by atoms with E-state index in [0.29, 0.717) is 38.3 Å². The Balaban J connectivity index is 1.39. The van der Waals surface area contributed by atoms with Crippen molar-refractivity contribution in [3.05, 3.63) is 0 Å². The Labute approximate surface area is 157 Å². The van der Waals surface area contributed by atoms with Gasteiger partial charge in [0, 0.05) is 32.7 Å². The van der Waals surface area contributed by atoms with Crippen LogP contribution in [0.5, 0.6) is 0 Å². The maximum atomic E-state index is 11.7. The van der Waals surface area contributed by atoms with Gasteiger partial charge in [-0.1, -0.05) is 20.8 Å². The van der Waals surface area contributed by atoms with Crippen LogP contribution < -0.4 is 0 Å². The van der Waals surface area contributed by atoms with E-state index in [9.17, 15) is 9.90 Å². The highest BCUT2D eigenvalue weighted by molar-refractivity contribution is 5.67. The first-order valence-corrected chi connectivity index (χ1v) is 10.2. The lowest BCUT2D eigenvalue weighted by Gasteiger charge is -2.39. The number of aliphatic hydroxyl groups excluding tert-OH is 1. The number of hydrogen-bond donors (Lipinski definition) is 1. The van der Waals surface area contributed by atoms with E-state index >= 15 is 0 Å². The van der Waals surface area contributed by atoms with Gasteiger partial charge in [-0.25, -0.2) is 4.79 Å². The summed E-state index contributed by atoms with van der Waals surface area (Å²) < 4.78 is 11.3. The lowest BCUT2D eigenvalue weighted by molar-refractivity contribution is -0.0805. The summed E-state index contributed by atoms with van der Waals surface area (Å²) in [6, 6.07) is 0. The molecule has 0 radical (unpaired) electrons. The number of β-amino-alcohol motifs (C(OH)–C–C–N with tert-alkyl or cyclic N) is 1. The van der Waals surface area contributed by atoms with E-state index in [1.54, 1.807) is 4.90 Å². The molecule has 1 saturated heterocycles. The first kappa shape index (κ1) is 19.9. The van der Waals surface area contributed by atoms with Gasteiger partial charge in [0.2, 0.25) is 0 Å². The average molecular weight is 369 g/mol. The van der Waals surface area contributed by atoms with Crippen LogP contribution in [0.1, 0.15) is 47.0 Å². The third kappa shape index (κ3) is 3.60. The lowest BCUT2D eigenvalue weighted by atomic mass is 9.70. The van der Waals surface area contributed by atoms with Crippen molar-refractivity contribution in [2.45, 2.75) is 59.2 Å². The van der Waals surface area contributed by atoms with Gasteiger partial charge < -0.3 is 19.5 Å². The molecular formula is C20H36N2O4. The number of rotatable bonds is 6. The van der Waals surface area contributed by atoms with Gasteiger partial charge in [0.15, 0.2) is 0 Å². The number of piperazine rings is 1. The molecule has 1 N–H and O–H groups in total. The van der Waals surface area contributed by atoms with E-state index in [0.717, 1.165) is 25.4 Å². The zero-order valence-electron chi connectivity index (χ0n) is 16.9. The number of nitrogens with zero attached hydrogens (tertiary/aromatic N) is 2. The molecule has 150 valence electrons. The van der Waals surface area contributed by atoms with E-state index in [2.05, 4.69) is 25.7 Å². The van der Waals surface area contributed by atoms with Gasteiger partial charge in [0.25, 0.3) is 0 Å². The van der Waals surface area contributed by atoms with Crippen molar-refractivity contribution >= 4 is 6.09 Å². The van der Waals surface area contributed by atoms with Crippen molar-refractivity contribution in [3.8, 4) is 0 Å². The Morgan fingerprint density at radius 3 is 2.46 bits per heavy atom. The van der Waals surface area contributed by atoms with Crippen LogP contribution >= 0.6 is 0 Å². The van der Waals surface area contributed by atoms with E-state index in [1.807, 2.05) is 6.92 Å². The van der Waals surface area contributed by atoms with Gasteiger partial charge >= 0.3 is 6.09 Å². The fourth-order valence-electron chi connectivity index (χ4n) is 5.29. The second-order valence-corrected chi connectivity index (χ2v) is 9.07. The first-order chi connectivity index (χ1) is 12.3. The van der Waals surface area contributed by atoms with Crippen LogP contribution in [0.4, 0.5) is 4.79 Å². The molecule has 1 aliphatic heterocycles. The minimum absolute atomic E-state index is 0.233. The second kappa shape index (κ2) is 7.64. The Morgan fingerprint density at radius 2 is 1.92 bits per heavy atom. The van der Waals surface area contributed by atoms with E-state index in [4.69, 9.17) is 9.47 Å². The van der Waals surface area contributed by atoms with Crippen LogP contribution in [-0.4, -0.2) is 79.1 Å². The molecule has 6 heteroatoms. The predicted octanol–water partition coefficient (Wildman–Crippen LogP) is 2.35. The van der Waals surface area contributed by atoms with Crippen LogP contribution in [0.25, 0.3) is 0 Å². The SMILES string of the molecule is CCOC(=O)N1CCN(C[C@H](O)CO[C@H]2C[C@H]3CC[C@@]2(C)C3(C)C)CC1. The van der Waals surface area contributed by atoms with Crippen molar-refractivity contribution < 1.29 is 19.4 Å². The van der Waals surface area contributed by atoms with Crippen molar-refractivity contribution in [1.82, 2.24) is 9.80 Å². The molecule has 2 aliphatic carbocycles. The first-order valence-electron chi connectivity index (χ1n) is 10.2. The molecule has 1 heterocycles. The molecule has 26 heavy (non-hydrogen) atoms. The summed E-state index contributed by atoms with van der Waals surface area (Å²) >= 11 is 0. The Hall–Kier alpha value is -0.850. The molecule has 1 amide bonds. The van der Waals surface area contributed by atoms with Gasteiger partial charge in [-0.2, -0.15) is 0 Å². The molecule has 3 rings (SSSR count). The summed E-state index contributed by atoms with van der Waals surface area (Å²) in [5.74, 6) is 0.755. The maximum Gasteiger partial charge on any atom is 0.409 e. The van der Waals surface area contributed by atoms with Gasteiger partial charge in [0.05, 0.1) is 25.4 Å². The van der Waals surface area contributed by atoms with Gasteiger partial charge in [0.1, 0.15) is 0 Å².